The van der Waals surface area contributed by atoms with Gasteiger partial charge in [-0.3, -0.25) is 14.7 Å². The Hall–Kier alpha value is -7.20. The van der Waals surface area contributed by atoms with Crippen LogP contribution in [0.25, 0.3) is 0 Å². The average molecular weight is 1070 g/mol. The maximum atomic E-state index is 7.54. The molecule has 0 fully saturated rings. The molecule has 0 radical (unpaired) electrons. The molecule has 0 bridgehead atoms. The van der Waals surface area contributed by atoms with Crippen LogP contribution in [0.4, 0.5) is 0 Å². The Morgan fingerprint density at radius 2 is 0.590 bits per heavy atom. The number of rotatable bonds is 12. The monoisotopic (exact) mass is 1070 g/mol. The molecule has 6 aromatic rings. The van der Waals surface area contributed by atoms with Crippen molar-refractivity contribution < 1.29 is 61.0 Å². The third kappa shape index (κ3) is 9.89. The second-order valence-electron chi connectivity index (χ2n) is 20.3. The van der Waals surface area contributed by atoms with E-state index in [1.165, 1.54) is 62.7 Å². The quantitative estimate of drug-likeness (QED) is 0.116. The van der Waals surface area contributed by atoms with Crippen LogP contribution in [-0.2, 0) is 58.2 Å². The van der Waals surface area contributed by atoms with Gasteiger partial charge in [-0.2, -0.15) is 0 Å². The van der Waals surface area contributed by atoms with E-state index in [-0.39, 0.29) is 6.04 Å². The van der Waals surface area contributed by atoms with E-state index in [1.54, 1.807) is 77.2 Å². The minimum Gasteiger partial charge on any atom is -0.493 e. The molecule has 0 saturated carbocycles. The van der Waals surface area contributed by atoms with Crippen molar-refractivity contribution in [3.05, 3.63) is 140 Å². The largest absolute Gasteiger partial charge is 0.493 e. The maximum absolute atomic E-state index is 7.54. The number of ether oxygens (including phenoxy) is 12. The molecule has 6 aromatic carbocycles. The topological polar surface area (TPSA) is 120 Å². The summed E-state index contributed by atoms with van der Waals surface area (Å²) in [6.45, 7) is 5.26. The lowest BCUT2D eigenvalue weighted by molar-refractivity contribution is 0.157. The summed E-state index contributed by atoms with van der Waals surface area (Å²) in [5.74, 6) is 8.77. The van der Waals surface area contributed by atoms with Gasteiger partial charge in [-0.1, -0.05) is 18.2 Å². The normalized spacial score (nSPS) is 19.1. The Morgan fingerprint density at radius 3 is 0.846 bits per heavy atom. The molecule has 6 heterocycles. The lowest BCUT2D eigenvalue weighted by Crippen LogP contribution is -2.39. The van der Waals surface area contributed by atoms with Crippen molar-refractivity contribution in [3.8, 4) is 69.0 Å². The highest BCUT2D eigenvalue weighted by Gasteiger charge is 2.38. The Balaban J connectivity index is 0.000000137. The van der Waals surface area contributed by atoms with Crippen LogP contribution in [0, 0.1) is 0 Å². The molecular formula is C63H75N3O12. The standard InChI is InChI=1S/3C21H25NO4/c3*1-23-18-6-5-13-9-17-15-11-20(25-3)19(24-2)10-14(15)7-8-22(17)12-16(13)21(18)26-4/h3*5-6,10-11,17H,7-9,12H2,1-4H3/t3*17-/m000/s1/i4D3;;. The number of hydrogen-bond acceptors (Lipinski definition) is 15. The molecule has 6 aliphatic heterocycles. The second kappa shape index (κ2) is 23.4. The van der Waals surface area contributed by atoms with Gasteiger partial charge < -0.3 is 56.8 Å². The minimum absolute atomic E-state index is 0.195. The first-order valence-corrected chi connectivity index (χ1v) is 26.5. The fourth-order valence-corrected chi connectivity index (χ4v) is 12.8. The molecule has 0 aromatic heterocycles. The molecule has 0 spiro atoms. The Morgan fingerprint density at radius 1 is 0.321 bits per heavy atom. The summed E-state index contributed by atoms with van der Waals surface area (Å²) in [6.07, 6.45) is 5.58. The van der Waals surface area contributed by atoms with Crippen molar-refractivity contribution in [2.75, 3.05) is 105 Å². The van der Waals surface area contributed by atoms with Gasteiger partial charge in [0.05, 0.1) is 89.4 Å². The number of hydrogen-bond donors (Lipinski definition) is 0. The fourth-order valence-electron chi connectivity index (χ4n) is 12.8. The molecule has 0 N–H and O–H groups in total. The van der Waals surface area contributed by atoms with Crippen molar-refractivity contribution in [3.63, 3.8) is 0 Å². The Bertz CT molecular complexity index is 3140. The predicted molar refractivity (Wildman–Crippen MR) is 299 cm³/mol. The molecular weight excluding hydrogens is 991 g/mol. The third-order valence-electron chi connectivity index (χ3n) is 16.8. The van der Waals surface area contributed by atoms with Crippen molar-refractivity contribution >= 4 is 0 Å². The zero-order chi connectivity index (χ0) is 57.3. The van der Waals surface area contributed by atoms with E-state index in [4.69, 9.17) is 61.0 Å². The molecule has 6 aliphatic rings. The van der Waals surface area contributed by atoms with Gasteiger partial charge in [0.15, 0.2) is 69.0 Å². The first-order valence-electron chi connectivity index (χ1n) is 28.0. The zero-order valence-electron chi connectivity index (χ0n) is 49.9. The van der Waals surface area contributed by atoms with Gasteiger partial charge in [-0.25, -0.2) is 0 Å². The molecule has 414 valence electrons. The van der Waals surface area contributed by atoms with Gasteiger partial charge in [0.2, 0.25) is 0 Å². The third-order valence-corrected chi connectivity index (χ3v) is 16.8. The van der Waals surface area contributed by atoms with Crippen LogP contribution in [0.15, 0.2) is 72.8 Å². The van der Waals surface area contributed by atoms with Crippen LogP contribution in [0.5, 0.6) is 69.0 Å². The summed E-state index contributed by atoms with van der Waals surface area (Å²) >= 11 is 0. The maximum Gasteiger partial charge on any atom is 0.165 e. The summed E-state index contributed by atoms with van der Waals surface area (Å²) < 4.78 is 88.6. The molecule has 0 unspecified atom stereocenters. The summed E-state index contributed by atoms with van der Waals surface area (Å²) in [5, 5.41) is 0. The highest BCUT2D eigenvalue weighted by molar-refractivity contribution is 5.58. The van der Waals surface area contributed by atoms with E-state index >= 15 is 0 Å². The van der Waals surface area contributed by atoms with Gasteiger partial charge in [0, 0.05) is 74.1 Å². The van der Waals surface area contributed by atoms with Crippen LogP contribution in [0.1, 0.15) is 89.0 Å². The van der Waals surface area contributed by atoms with E-state index in [2.05, 4.69) is 63.2 Å². The lowest BCUT2D eigenvalue weighted by Gasteiger charge is -2.42. The van der Waals surface area contributed by atoms with Gasteiger partial charge in [-0.15, -0.1) is 0 Å². The van der Waals surface area contributed by atoms with E-state index in [0.717, 1.165) is 140 Å². The second-order valence-corrected chi connectivity index (χ2v) is 20.3. The predicted octanol–water partition coefficient (Wildman–Crippen LogP) is 10.1. The van der Waals surface area contributed by atoms with Crippen molar-refractivity contribution in [2.45, 2.75) is 76.3 Å². The summed E-state index contributed by atoms with van der Waals surface area (Å²) in [6, 6.07) is 25.7. The highest BCUT2D eigenvalue weighted by Crippen LogP contribution is 2.49. The van der Waals surface area contributed by atoms with Gasteiger partial charge in [-0.05, 0) is 143 Å². The zero-order valence-corrected chi connectivity index (χ0v) is 46.9. The van der Waals surface area contributed by atoms with E-state index < -0.39 is 7.04 Å². The number of nitrogens with zero attached hydrogens (tertiary/aromatic N) is 3. The summed E-state index contributed by atoms with van der Waals surface area (Å²) in [7, 11) is 15.9. The number of benzene rings is 6. The SMILES string of the molecule is COc1cc2c(cc1OC)[C@@H]1Cc3ccc(OC)c(OC)c3CN1CC2.COc1cc2c(cc1OC)[C@@H]1Cc3ccc(OC)c(OC)c3CN1CC2.[2H]C([2H])([2H])Oc1c(OC)ccc2c1CN1CCc3cc(OC)c(OC)cc3[C@@H]1C2. The molecule has 78 heavy (non-hydrogen) atoms. The first-order chi connectivity index (χ1) is 39.2. The van der Waals surface area contributed by atoms with Crippen LogP contribution in [-0.4, -0.2) is 120 Å². The van der Waals surface area contributed by atoms with Gasteiger partial charge in [0.1, 0.15) is 0 Å². The van der Waals surface area contributed by atoms with Crippen LogP contribution in [0.2, 0.25) is 0 Å². The summed E-state index contributed by atoms with van der Waals surface area (Å²) in [5.41, 5.74) is 15.0. The van der Waals surface area contributed by atoms with Crippen LogP contribution >= 0.6 is 0 Å². The number of fused-ring (bicyclic) bond motifs is 12. The van der Waals surface area contributed by atoms with E-state index in [1.807, 2.05) is 18.2 Å². The summed E-state index contributed by atoms with van der Waals surface area (Å²) in [4.78, 5) is 7.42. The fraction of sp³-hybridized carbons (Fsp3) is 0.429. The molecule has 0 aliphatic carbocycles. The van der Waals surface area contributed by atoms with E-state index in [9.17, 15) is 0 Å². The molecule has 0 amide bonds. The molecule has 3 atom stereocenters. The van der Waals surface area contributed by atoms with Crippen LogP contribution in [0.3, 0.4) is 0 Å². The van der Waals surface area contributed by atoms with Crippen molar-refractivity contribution in [2.24, 2.45) is 0 Å². The highest BCUT2D eigenvalue weighted by atomic mass is 16.5. The van der Waals surface area contributed by atoms with Crippen molar-refractivity contribution in [1.29, 1.82) is 0 Å². The average Bonchev–Trinajstić information content (AvgIpc) is 3.69. The van der Waals surface area contributed by atoms with Gasteiger partial charge >= 0.3 is 0 Å². The smallest absolute Gasteiger partial charge is 0.165 e. The van der Waals surface area contributed by atoms with Crippen LogP contribution < -0.4 is 56.8 Å². The molecule has 15 nitrogen and oxygen atoms in total. The first kappa shape index (κ1) is 50.3. The molecule has 15 heteroatoms. The molecule has 0 saturated heterocycles. The minimum atomic E-state index is -2.53. The van der Waals surface area contributed by atoms with Gasteiger partial charge in [0.25, 0.3) is 0 Å². The lowest BCUT2D eigenvalue weighted by atomic mass is 9.83. The van der Waals surface area contributed by atoms with E-state index in [0.29, 0.717) is 30.1 Å². The van der Waals surface area contributed by atoms with Crippen molar-refractivity contribution in [1.82, 2.24) is 14.7 Å². The Labute approximate surface area is 463 Å². The number of methoxy groups -OCH3 is 12. The Kier molecular flexibility index (Phi) is 15.1. The molecule has 12 rings (SSSR count).